The second kappa shape index (κ2) is 9.29. The normalized spacial score (nSPS) is 20.7. The van der Waals surface area contributed by atoms with Crippen molar-refractivity contribution in [1.82, 2.24) is 15.3 Å². The maximum Gasteiger partial charge on any atom is 0.231 e. The molecule has 2 aromatic rings. The molecule has 2 aliphatic rings. The zero-order valence-electron chi connectivity index (χ0n) is 18.2. The predicted molar refractivity (Wildman–Crippen MR) is 128 cm³/mol. The molecule has 1 atom stereocenters. The molecule has 30 heavy (non-hydrogen) atoms. The van der Waals surface area contributed by atoms with Crippen LogP contribution in [0.25, 0.3) is 0 Å². The van der Waals surface area contributed by atoms with Crippen LogP contribution in [0.4, 0.5) is 11.8 Å². The van der Waals surface area contributed by atoms with E-state index in [0.29, 0.717) is 17.0 Å². The largest absolute Gasteiger partial charge is 0.361 e. The zero-order valence-corrected chi connectivity index (χ0v) is 19.0. The number of anilines is 2. The number of aromatic nitrogens is 2. The van der Waals surface area contributed by atoms with Gasteiger partial charge in [-0.3, -0.25) is 0 Å². The van der Waals surface area contributed by atoms with Crippen molar-refractivity contribution in [1.29, 1.82) is 0 Å². The van der Waals surface area contributed by atoms with Crippen LogP contribution in [0.5, 0.6) is 0 Å². The van der Waals surface area contributed by atoms with E-state index in [1.165, 1.54) is 44.1 Å². The van der Waals surface area contributed by atoms with Gasteiger partial charge in [0, 0.05) is 36.8 Å². The van der Waals surface area contributed by atoms with E-state index < -0.39 is 0 Å². The Morgan fingerprint density at radius 2 is 1.93 bits per heavy atom. The van der Waals surface area contributed by atoms with Crippen molar-refractivity contribution in [3.05, 3.63) is 47.7 Å². The van der Waals surface area contributed by atoms with Crippen LogP contribution in [0.15, 0.2) is 36.4 Å². The molecule has 1 saturated heterocycles. The molecule has 0 unspecified atom stereocenters. The molecule has 1 saturated carbocycles. The van der Waals surface area contributed by atoms with Crippen molar-refractivity contribution < 1.29 is 0 Å². The molecule has 0 spiro atoms. The van der Waals surface area contributed by atoms with Gasteiger partial charge in [0.1, 0.15) is 5.82 Å². The van der Waals surface area contributed by atoms with E-state index in [2.05, 4.69) is 63.8 Å². The molecule has 2 N–H and O–H groups in total. The maximum absolute atomic E-state index is 5.62. The van der Waals surface area contributed by atoms with Gasteiger partial charge in [-0.2, -0.15) is 4.98 Å². The van der Waals surface area contributed by atoms with Gasteiger partial charge in [-0.05, 0) is 56.3 Å². The van der Waals surface area contributed by atoms with Crippen LogP contribution in [0.2, 0.25) is 0 Å². The molecule has 1 aliphatic carbocycles. The predicted octanol–water partition coefficient (Wildman–Crippen LogP) is 4.82. The van der Waals surface area contributed by atoms with Gasteiger partial charge in [0.2, 0.25) is 5.95 Å². The summed E-state index contributed by atoms with van der Waals surface area (Å²) in [6.07, 6.45) is 7.46. The molecule has 0 radical (unpaired) electrons. The Labute approximate surface area is 185 Å². The monoisotopic (exact) mass is 423 g/mol. The second-order valence-corrected chi connectivity index (χ2v) is 9.45. The first kappa shape index (κ1) is 21.0. The number of aryl methyl sites for hydroxylation is 1. The van der Waals surface area contributed by atoms with Gasteiger partial charge in [0.05, 0.1) is 0 Å². The molecule has 2 fully saturated rings. The quantitative estimate of drug-likeness (QED) is 0.673. The standard InChI is InChI=1S/C24H33N5S/c1-18-9-8-14-29(16-18)21-15-19(2)26-22(27-21)28-23(30)25-17-24(12-6-7-13-24)20-10-4-3-5-11-20/h3-5,10-11,15,18H,6-9,12-14,16-17H2,1-2H3,(H2,25,26,27,28,30)/t18-/m1/s1. The number of hydrogen-bond acceptors (Lipinski definition) is 4. The summed E-state index contributed by atoms with van der Waals surface area (Å²) in [4.78, 5) is 11.7. The highest BCUT2D eigenvalue weighted by atomic mass is 32.1. The van der Waals surface area contributed by atoms with Gasteiger partial charge >= 0.3 is 0 Å². The smallest absolute Gasteiger partial charge is 0.231 e. The van der Waals surface area contributed by atoms with E-state index >= 15 is 0 Å². The zero-order chi connectivity index (χ0) is 21.0. The van der Waals surface area contributed by atoms with Crippen LogP contribution < -0.4 is 15.5 Å². The van der Waals surface area contributed by atoms with Crippen LogP contribution in [-0.2, 0) is 5.41 Å². The lowest BCUT2D eigenvalue weighted by Gasteiger charge is -2.32. The van der Waals surface area contributed by atoms with Crippen molar-refractivity contribution in [3.63, 3.8) is 0 Å². The first-order valence-electron chi connectivity index (χ1n) is 11.3. The second-order valence-electron chi connectivity index (χ2n) is 9.05. The van der Waals surface area contributed by atoms with Crippen molar-refractivity contribution in [2.24, 2.45) is 5.92 Å². The lowest BCUT2D eigenvalue weighted by Crippen LogP contribution is -2.41. The summed E-state index contributed by atoms with van der Waals surface area (Å²) in [6, 6.07) is 12.9. The summed E-state index contributed by atoms with van der Waals surface area (Å²) in [5.41, 5.74) is 2.53. The van der Waals surface area contributed by atoms with Gasteiger partial charge in [-0.1, -0.05) is 50.1 Å². The number of thiocarbonyl (C=S) groups is 1. The van der Waals surface area contributed by atoms with Crippen molar-refractivity contribution in [3.8, 4) is 0 Å². The third kappa shape index (κ3) is 4.91. The highest BCUT2D eigenvalue weighted by molar-refractivity contribution is 7.80. The fourth-order valence-corrected chi connectivity index (χ4v) is 5.14. The molecule has 2 heterocycles. The van der Waals surface area contributed by atoms with E-state index in [-0.39, 0.29) is 5.41 Å². The average Bonchev–Trinajstić information content (AvgIpc) is 3.23. The Hall–Kier alpha value is -2.21. The summed E-state index contributed by atoms with van der Waals surface area (Å²) in [5.74, 6) is 2.28. The summed E-state index contributed by atoms with van der Waals surface area (Å²) < 4.78 is 0. The molecule has 1 aliphatic heterocycles. The van der Waals surface area contributed by atoms with Gasteiger partial charge in [0.25, 0.3) is 0 Å². The number of rotatable bonds is 5. The molecule has 1 aromatic heterocycles. The molecule has 6 heteroatoms. The minimum absolute atomic E-state index is 0.162. The summed E-state index contributed by atoms with van der Waals surface area (Å²) >= 11 is 5.62. The molecule has 4 rings (SSSR count). The van der Waals surface area contributed by atoms with Crippen LogP contribution in [0.1, 0.15) is 56.7 Å². The molecular weight excluding hydrogens is 390 g/mol. The number of piperidine rings is 1. The molecule has 0 amide bonds. The van der Waals surface area contributed by atoms with E-state index in [4.69, 9.17) is 17.2 Å². The van der Waals surface area contributed by atoms with Crippen LogP contribution in [0.3, 0.4) is 0 Å². The fourth-order valence-electron chi connectivity index (χ4n) is 4.97. The van der Waals surface area contributed by atoms with E-state index in [0.717, 1.165) is 31.1 Å². The van der Waals surface area contributed by atoms with Crippen LogP contribution in [-0.4, -0.2) is 34.7 Å². The molecule has 1 aromatic carbocycles. The minimum Gasteiger partial charge on any atom is -0.361 e. The minimum atomic E-state index is 0.162. The van der Waals surface area contributed by atoms with E-state index in [9.17, 15) is 0 Å². The van der Waals surface area contributed by atoms with Crippen LogP contribution >= 0.6 is 12.2 Å². The maximum atomic E-state index is 5.62. The van der Waals surface area contributed by atoms with E-state index in [1.807, 2.05) is 6.92 Å². The average molecular weight is 424 g/mol. The number of nitrogens with one attached hydrogen (secondary N) is 2. The molecule has 160 valence electrons. The number of nitrogens with zero attached hydrogens (tertiary/aromatic N) is 3. The highest BCUT2D eigenvalue weighted by Gasteiger charge is 2.35. The molecule has 0 bridgehead atoms. The molecule has 5 nitrogen and oxygen atoms in total. The van der Waals surface area contributed by atoms with Crippen molar-refractivity contribution >= 4 is 29.1 Å². The third-order valence-electron chi connectivity index (χ3n) is 6.58. The number of benzene rings is 1. The SMILES string of the molecule is Cc1cc(N2CCC[C@@H](C)C2)nc(NC(=S)NCC2(c3ccccc3)CCCC2)n1. The lowest BCUT2D eigenvalue weighted by molar-refractivity contribution is 0.435. The van der Waals surface area contributed by atoms with Crippen molar-refractivity contribution in [2.75, 3.05) is 29.9 Å². The summed E-state index contributed by atoms with van der Waals surface area (Å²) in [5, 5.41) is 7.30. The molecular formula is C24H33N5S. The van der Waals surface area contributed by atoms with E-state index in [1.54, 1.807) is 0 Å². The van der Waals surface area contributed by atoms with Gasteiger partial charge in [-0.25, -0.2) is 4.98 Å². The highest BCUT2D eigenvalue weighted by Crippen LogP contribution is 2.40. The Morgan fingerprint density at radius 3 is 2.67 bits per heavy atom. The van der Waals surface area contributed by atoms with Crippen molar-refractivity contribution in [2.45, 2.75) is 57.8 Å². The first-order chi connectivity index (χ1) is 14.5. The van der Waals surface area contributed by atoms with Gasteiger partial charge in [-0.15, -0.1) is 0 Å². The van der Waals surface area contributed by atoms with Gasteiger partial charge < -0.3 is 15.5 Å². The fraction of sp³-hybridized carbons (Fsp3) is 0.542. The number of hydrogen-bond donors (Lipinski definition) is 2. The Balaban J connectivity index is 1.41. The lowest BCUT2D eigenvalue weighted by atomic mass is 9.79. The summed E-state index contributed by atoms with van der Waals surface area (Å²) in [7, 11) is 0. The Morgan fingerprint density at radius 1 is 1.17 bits per heavy atom. The van der Waals surface area contributed by atoms with Gasteiger partial charge in [0.15, 0.2) is 5.11 Å². The Kier molecular flexibility index (Phi) is 6.52. The topological polar surface area (TPSA) is 53.1 Å². The van der Waals surface area contributed by atoms with Crippen LogP contribution in [0, 0.1) is 12.8 Å². The third-order valence-corrected chi connectivity index (χ3v) is 6.83. The first-order valence-corrected chi connectivity index (χ1v) is 11.7. The Bertz CT molecular complexity index is 863. The summed E-state index contributed by atoms with van der Waals surface area (Å²) in [6.45, 7) is 7.28.